The van der Waals surface area contributed by atoms with Gasteiger partial charge in [0.25, 0.3) is 0 Å². The van der Waals surface area contributed by atoms with Crippen LogP contribution in [0.25, 0.3) is 5.69 Å². The number of hydrogen-bond acceptors (Lipinski definition) is 2. The van der Waals surface area contributed by atoms with E-state index in [1.807, 2.05) is 0 Å². The smallest absolute Gasteiger partial charge is 0.384 e. The van der Waals surface area contributed by atoms with Gasteiger partial charge in [-0.2, -0.15) is 18.3 Å². The Balaban J connectivity index is 2.59. The Morgan fingerprint density at radius 1 is 1.37 bits per heavy atom. The summed E-state index contributed by atoms with van der Waals surface area (Å²) >= 11 is 0. The fraction of sp³-hybridized carbons (Fsp3) is 0.167. The number of nitrogen functional groups attached to an aromatic ring is 1. The summed E-state index contributed by atoms with van der Waals surface area (Å²) in [5, 5.41) is 11.2. The maximum Gasteiger partial charge on any atom is 0.419 e. The summed E-state index contributed by atoms with van der Waals surface area (Å²) in [5.74, 6) is -0.220. The highest BCUT2D eigenvalue weighted by Gasteiger charge is 2.32. The van der Waals surface area contributed by atoms with E-state index in [4.69, 9.17) is 11.1 Å². The number of aryl methyl sites for hydroxylation is 1. The van der Waals surface area contributed by atoms with E-state index in [2.05, 4.69) is 5.10 Å². The molecule has 0 aliphatic carbocycles. The number of nitrogens with zero attached hydrogens (tertiary/aromatic N) is 2. The zero-order chi connectivity index (χ0) is 14.2. The Morgan fingerprint density at radius 3 is 2.58 bits per heavy atom. The van der Waals surface area contributed by atoms with Crippen molar-refractivity contribution in [2.24, 2.45) is 5.73 Å². The molecule has 0 aliphatic heterocycles. The lowest BCUT2D eigenvalue weighted by Gasteiger charge is -2.11. The third-order valence-corrected chi connectivity index (χ3v) is 2.67. The first-order valence-corrected chi connectivity index (χ1v) is 5.37. The maximum atomic E-state index is 12.6. The number of halogens is 3. The van der Waals surface area contributed by atoms with Crippen molar-refractivity contribution < 1.29 is 13.2 Å². The normalized spacial score (nSPS) is 11.6. The second-order valence-corrected chi connectivity index (χ2v) is 4.06. The number of nitrogens with one attached hydrogen (secondary N) is 1. The predicted octanol–water partition coefficient (Wildman–Crippen LogP) is 2.48. The van der Waals surface area contributed by atoms with E-state index in [9.17, 15) is 13.2 Å². The maximum absolute atomic E-state index is 12.6. The van der Waals surface area contributed by atoms with Crippen LogP contribution in [-0.4, -0.2) is 15.6 Å². The molecule has 4 nitrogen and oxygen atoms in total. The molecule has 0 saturated heterocycles. The number of nitrogens with two attached hydrogens (primary N) is 1. The summed E-state index contributed by atoms with van der Waals surface area (Å²) in [6, 6.07) is 4.97. The van der Waals surface area contributed by atoms with E-state index < -0.39 is 11.7 Å². The third-order valence-electron chi connectivity index (χ3n) is 2.67. The summed E-state index contributed by atoms with van der Waals surface area (Å²) in [4.78, 5) is 0. The van der Waals surface area contributed by atoms with Gasteiger partial charge >= 0.3 is 6.18 Å². The van der Waals surface area contributed by atoms with Crippen LogP contribution in [0.3, 0.4) is 0 Å². The van der Waals surface area contributed by atoms with Crippen molar-refractivity contribution in [3.63, 3.8) is 0 Å². The average Bonchev–Trinajstić information content (AvgIpc) is 2.77. The first-order valence-electron chi connectivity index (χ1n) is 5.37. The molecule has 1 aromatic carbocycles. The van der Waals surface area contributed by atoms with Gasteiger partial charge in [0, 0.05) is 11.8 Å². The van der Waals surface area contributed by atoms with Gasteiger partial charge in [0.15, 0.2) is 0 Å². The number of para-hydroxylation sites is 1. The Bertz CT molecular complexity index is 628. The van der Waals surface area contributed by atoms with Crippen LogP contribution in [-0.2, 0) is 6.18 Å². The van der Waals surface area contributed by atoms with Crippen LogP contribution in [0.5, 0.6) is 0 Å². The first-order chi connectivity index (χ1) is 8.80. The quantitative estimate of drug-likeness (QED) is 0.649. The fourth-order valence-corrected chi connectivity index (χ4v) is 1.77. The molecule has 0 radical (unpaired) electrons. The van der Waals surface area contributed by atoms with Crippen LogP contribution in [0.15, 0.2) is 30.6 Å². The van der Waals surface area contributed by atoms with Crippen LogP contribution in [0.2, 0.25) is 0 Å². The number of alkyl halides is 3. The zero-order valence-corrected chi connectivity index (χ0v) is 9.99. The molecule has 1 heterocycles. The van der Waals surface area contributed by atoms with Crippen molar-refractivity contribution in [1.82, 2.24) is 9.78 Å². The molecular weight excluding hydrogens is 257 g/mol. The van der Waals surface area contributed by atoms with Gasteiger partial charge < -0.3 is 5.73 Å². The van der Waals surface area contributed by atoms with Crippen molar-refractivity contribution in [2.75, 3.05) is 0 Å². The third kappa shape index (κ3) is 2.44. The van der Waals surface area contributed by atoms with Crippen molar-refractivity contribution >= 4 is 5.84 Å². The summed E-state index contributed by atoms with van der Waals surface area (Å²) in [6.07, 6.45) is -2.82. The standard InChI is InChI=1S/C12H11F3N4/c1-7-3-2-4-9(11(16)17)10(7)19-6-8(5-18-19)12(13,14)15/h2-6H,1H3,(H3,16,17). The summed E-state index contributed by atoms with van der Waals surface area (Å²) in [7, 11) is 0. The van der Waals surface area contributed by atoms with E-state index in [1.54, 1.807) is 25.1 Å². The minimum absolute atomic E-state index is 0.220. The van der Waals surface area contributed by atoms with Crippen LogP contribution in [0, 0.1) is 12.3 Å². The van der Waals surface area contributed by atoms with Gasteiger partial charge in [-0.15, -0.1) is 0 Å². The molecule has 19 heavy (non-hydrogen) atoms. The Labute approximate surface area is 107 Å². The number of aromatic nitrogens is 2. The van der Waals surface area contributed by atoms with E-state index in [0.29, 0.717) is 16.8 Å². The highest BCUT2D eigenvalue weighted by Crippen LogP contribution is 2.30. The molecule has 2 rings (SSSR count). The second kappa shape index (κ2) is 4.42. The minimum Gasteiger partial charge on any atom is -0.384 e. The van der Waals surface area contributed by atoms with Gasteiger partial charge in [-0.3, -0.25) is 5.41 Å². The van der Waals surface area contributed by atoms with Crippen LogP contribution in [0.4, 0.5) is 13.2 Å². The summed E-state index contributed by atoms with van der Waals surface area (Å²) < 4.78 is 38.8. The van der Waals surface area contributed by atoms with Gasteiger partial charge in [-0.1, -0.05) is 12.1 Å². The van der Waals surface area contributed by atoms with Crippen LogP contribution >= 0.6 is 0 Å². The molecule has 0 unspecified atom stereocenters. The molecule has 1 aromatic heterocycles. The highest BCUT2D eigenvalue weighted by molar-refractivity contribution is 5.98. The molecule has 0 amide bonds. The molecule has 0 bridgehead atoms. The number of hydrogen-bond donors (Lipinski definition) is 2. The number of benzene rings is 1. The minimum atomic E-state index is -4.45. The molecule has 0 atom stereocenters. The lowest BCUT2D eigenvalue weighted by molar-refractivity contribution is -0.137. The van der Waals surface area contributed by atoms with Crippen molar-refractivity contribution in [3.05, 3.63) is 47.3 Å². The second-order valence-electron chi connectivity index (χ2n) is 4.06. The van der Waals surface area contributed by atoms with E-state index >= 15 is 0 Å². The molecule has 0 aliphatic rings. The van der Waals surface area contributed by atoms with Crippen molar-refractivity contribution in [1.29, 1.82) is 5.41 Å². The van der Waals surface area contributed by atoms with Crippen molar-refractivity contribution in [3.8, 4) is 5.69 Å². The SMILES string of the molecule is Cc1cccc(C(=N)N)c1-n1cc(C(F)(F)F)cn1. The molecular formula is C12H11F3N4. The lowest BCUT2D eigenvalue weighted by atomic mass is 10.1. The molecule has 2 aromatic rings. The van der Waals surface area contributed by atoms with Crippen LogP contribution in [0.1, 0.15) is 16.7 Å². The van der Waals surface area contributed by atoms with Crippen molar-refractivity contribution in [2.45, 2.75) is 13.1 Å². The molecule has 0 fully saturated rings. The molecule has 100 valence electrons. The molecule has 0 spiro atoms. The zero-order valence-electron chi connectivity index (χ0n) is 9.99. The first kappa shape index (κ1) is 13.1. The van der Waals surface area contributed by atoms with E-state index in [0.717, 1.165) is 17.1 Å². The predicted molar refractivity (Wildman–Crippen MR) is 64.3 cm³/mol. The van der Waals surface area contributed by atoms with Gasteiger partial charge in [0.1, 0.15) is 5.84 Å². The van der Waals surface area contributed by atoms with Crippen LogP contribution < -0.4 is 5.73 Å². The molecule has 0 saturated carbocycles. The number of rotatable bonds is 2. The molecule has 7 heteroatoms. The Morgan fingerprint density at radius 2 is 2.05 bits per heavy atom. The van der Waals surface area contributed by atoms with Gasteiger partial charge in [0.05, 0.1) is 17.4 Å². The summed E-state index contributed by atoms with van der Waals surface area (Å²) in [6.45, 7) is 1.72. The fourth-order valence-electron chi connectivity index (χ4n) is 1.77. The highest BCUT2D eigenvalue weighted by atomic mass is 19.4. The lowest BCUT2D eigenvalue weighted by Crippen LogP contribution is -2.16. The Hall–Kier alpha value is -2.31. The van der Waals surface area contributed by atoms with Gasteiger partial charge in [-0.25, -0.2) is 4.68 Å². The summed E-state index contributed by atoms with van der Waals surface area (Å²) in [5.41, 5.74) is 6.00. The van der Waals surface area contributed by atoms with E-state index in [-0.39, 0.29) is 5.84 Å². The van der Waals surface area contributed by atoms with Gasteiger partial charge in [0.2, 0.25) is 0 Å². The number of amidine groups is 1. The largest absolute Gasteiger partial charge is 0.419 e. The van der Waals surface area contributed by atoms with Gasteiger partial charge in [-0.05, 0) is 18.6 Å². The average molecular weight is 268 g/mol. The Kier molecular flexibility index (Phi) is 3.05. The topological polar surface area (TPSA) is 67.7 Å². The van der Waals surface area contributed by atoms with E-state index in [1.165, 1.54) is 0 Å². The molecule has 3 N–H and O–H groups in total. The monoisotopic (exact) mass is 268 g/mol.